The van der Waals surface area contributed by atoms with Crippen LogP contribution in [0.4, 0.5) is 0 Å². The molecule has 2 rings (SSSR count). The van der Waals surface area contributed by atoms with Gasteiger partial charge in [-0.25, -0.2) is 0 Å². The van der Waals surface area contributed by atoms with Gasteiger partial charge in [0.15, 0.2) is 5.96 Å². The van der Waals surface area contributed by atoms with Crippen molar-refractivity contribution in [1.29, 1.82) is 0 Å². The van der Waals surface area contributed by atoms with Gasteiger partial charge in [0.25, 0.3) is 0 Å². The van der Waals surface area contributed by atoms with Gasteiger partial charge in [0.05, 0.1) is 6.61 Å². The van der Waals surface area contributed by atoms with Crippen molar-refractivity contribution in [3.05, 3.63) is 35.9 Å². The molecule has 0 aliphatic heterocycles. The van der Waals surface area contributed by atoms with E-state index in [1.54, 1.807) is 0 Å². The summed E-state index contributed by atoms with van der Waals surface area (Å²) in [5.41, 5.74) is 1.41. The van der Waals surface area contributed by atoms with Crippen LogP contribution < -0.4 is 10.6 Å². The van der Waals surface area contributed by atoms with Gasteiger partial charge in [0.1, 0.15) is 0 Å². The topological polar surface area (TPSA) is 45.7 Å². The van der Waals surface area contributed by atoms with Crippen molar-refractivity contribution in [3.63, 3.8) is 0 Å². The molecule has 0 bridgehead atoms. The summed E-state index contributed by atoms with van der Waals surface area (Å²) in [5, 5.41) is 6.80. The number of benzene rings is 1. The molecule has 4 nitrogen and oxygen atoms in total. The normalized spacial score (nSPS) is 20.1. The molecule has 0 radical (unpaired) electrons. The van der Waals surface area contributed by atoms with Gasteiger partial charge >= 0.3 is 0 Å². The van der Waals surface area contributed by atoms with Crippen molar-refractivity contribution in [2.24, 2.45) is 10.9 Å². The van der Waals surface area contributed by atoms with Crippen molar-refractivity contribution in [3.8, 4) is 0 Å². The van der Waals surface area contributed by atoms with E-state index in [9.17, 15) is 0 Å². The minimum absolute atomic E-state index is 0. The monoisotopic (exact) mass is 431 g/mol. The zero-order valence-corrected chi connectivity index (χ0v) is 16.7. The van der Waals surface area contributed by atoms with Crippen LogP contribution in [0.3, 0.4) is 0 Å². The molecule has 130 valence electrons. The number of nitrogens with one attached hydrogen (secondary N) is 2. The summed E-state index contributed by atoms with van der Waals surface area (Å²) >= 11 is 0. The van der Waals surface area contributed by atoms with E-state index in [0.717, 1.165) is 32.1 Å². The lowest BCUT2D eigenvalue weighted by molar-refractivity contribution is 0.128. The Morgan fingerprint density at radius 3 is 2.65 bits per heavy atom. The van der Waals surface area contributed by atoms with E-state index >= 15 is 0 Å². The third kappa shape index (κ3) is 7.52. The van der Waals surface area contributed by atoms with Gasteiger partial charge in [-0.3, -0.25) is 4.99 Å². The zero-order valence-electron chi connectivity index (χ0n) is 14.4. The minimum Gasteiger partial charge on any atom is -0.380 e. The number of rotatable bonds is 8. The fourth-order valence-corrected chi connectivity index (χ4v) is 2.46. The van der Waals surface area contributed by atoms with E-state index in [0.29, 0.717) is 17.9 Å². The Kier molecular flexibility index (Phi) is 9.55. The summed E-state index contributed by atoms with van der Waals surface area (Å²) in [6, 6.07) is 11.2. The van der Waals surface area contributed by atoms with Gasteiger partial charge < -0.3 is 15.4 Å². The SMILES string of the molecule is CN=C(NCCOCCC(C)C)NC1CC1c1ccccc1.I. The highest BCUT2D eigenvalue weighted by atomic mass is 127. The van der Waals surface area contributed by atoms with Crippen LogP contribution in [0.1, 0.15) is 38.2 Å². The number of hydrogen-bond donors (Lipinski definition) is 2. The number of guanidine groups is 1. The second kappa shape index (κ2) is 10.9. The maximum Gasteiger partial charge on any atom is 0.191 e. The molecule has 1 aliphatic rings. The molecule has 1 saturated carbocycles. The molecule has 2 unspecified atom stereocenters. The summed E-state index contributed by atoms with van der Waals surface area (Å²) in [5.74, 6) is 2.19. The van der Waals surface area contributed by atoms with E-state index in [2.05, 4.69) is 59.8 Å². The smallest absolute Gasteiger partial charge is 0.191 e. The molecule has 2 N–H and O–H groups in total. The van der Waals surface area contributed by atoms with Crippen molar-refractivity contribution in [2.75, 3.05) is 26.8 Å². The summed E-state index contributed by atoms with van der Waals surface area (Å²) in [6.07, 6.45) is 2.30. The maximum atomic E-state index is 5.61. The number of aliphatic imine (C=N–C) groups is 1. The maximum absolute atomic E-state index is 5.61. The standard InChI is InChI=1S/C18H29N3O.HI/c1-14(2)9-11-22-12-10-20-18(19-3)21-17-13-16(17)15-7-5-4-6-8-15;/h4-8,14,16-17H,9-13H2,1-3H3,(H2,19,20,21);1H. The molecular weight excluding hydrogens is 401 g/mol. The van der Waals surface area contributed by atoms with Gasteiger partial charge in [0.2, 0.25) is 0 Å². The second-order valence-electron chi connectivity index (χ2n) is 6.30. The third-order valence-corrected chi connectivity index (χ3v) is 3.94. The fraction of sp³-hybridized carbons (Fsp3) is 0.611. The Morgan fingerprint density at radius 1 is 1.26 bits per heavy atom. The van der Waals surface area contributed by atoms with Crippen molar-refractivity contribution in [1.82, 2.24) is 10.6 Å². The van der Waals surface area contributed by atoms with Gasteiger partial charge in [-0.2, -0.15) is 0 Å². The van der Waals surface area contributed by atoms with Crippen molar-refractivity contribution >= 4 is 29.9 Å². The molecule has 0 spiro atoms. The van der Waals surface area contributed by atoms with Gasteiger partial charge in [0, 0.05) is 32.2 Å². The molecule has 1 aromatic carbocycles. The lowest BCUT2D eigenvalue weighted by Gasteiger charge is -2.12. The van der Waals surface area contributed by atoms with E-state index in [-0.39, 0.29) is 24.0 Å². The summed E-state index contributed by atoms with van der Waals surface area (Å²) < 4.78 is 5.61. The predicted octanol–water partition coefficient (Wildman–Crippen LogP) is 3.39. The van der Waals surface area contributed by atoms with Crippen LogP contribution in [0.5, 0.6) is 0 Å². The molecule has 1 aromatic rings. The minimum atomic E-state index is 0. The Bertz CT molecular complexity index is 465. The Morgan fingerprint density at radius 2 is 2.00 bits per heavy atom. The first-order valence-corrected chi connectivity index (χ1v) is 8.30. The first kappa shape index (κ1) is 20.2. The Hall–Kier alpha value is -0.820. The summed E-state index contributed by atoms with van der Waals surface area (Å²) in [7, 11) is 1.81. The molecule has 1 aliphatic carbocycles. The molecule has 2 atom stereocenters. The highest BCUT2D eigenvalue weighted by Crippen LogP contribution is 2.40. The highest BCUT2D eigenvalue weighted by Gasteiger charge is 2.38. The molecule has 0 saturated heterocycles. The van der Waals surface area contributed by atoms with E-state index in [1.165, 1.54) is 12.0 Å². The zero-order chi connectivity index (χ0) is 15.8. The Labute approximate surface area is 157 Å². The highest BCUT2D eigenvalue weighted by molar-refractivity contribution is 14.0. The van der Waals surface area contributed by atoms with Crippen LogP contribution in [0.15, 0.2) is 35.3 Å². The molecule has 0 aromatic heterocycles. The second-order valence-corrected chi connectivity index (χ2v) is 6.30. The molecule has 23 heavy (non-hydrogen) atoms. The number of nitrogens with zero attached hydrogens (tertiary/aromatic N) is 1. The molecule has 5 heteroatoms. The summed E-state index contributed by atoms with van der Waals surface area (Å²) in [4.78, 5) is 4.28. The van der Waals surface area contributed by atoms with Crippen LogP contribution in [-0.2, 0) is 4.74 Å². The molecular formula is C18H30IN3O. The number of ether oxygens (including phenoxy) is 1. The lowest BCUT2D eigenvalue weighted by atomic mass is 10.1. The fourth-order valence-electron chi connectivity index (χ4n) is 2.46. The average Bonchev–Trinajstić information content (AvgIpc) is 3.29. The van der Waals surface area contributed by atoms with Gasteiger partial charge in [-0.1, -0.05) is 44.2 Å². The van der Waals surface area contributed by atoms with E-state index < -0.39 is 0 Å². The predicted molar refractivity (Wildman–Crippen MR) is 108 cm³/mol. The van der Waals surface area contributed by atoms with Crippen LogP contribution in [0, 0.1) is 5.92 Å². The largest absolute Gasteiger partial charge is 0.380 e. The van der Waals surface area contributed by atoms with Crippen LogP contribution in [0.2, 0.25) is 0 Å². The van der Waals surface area contributed by atoms with Crippen LogP contribution in [0.25, 0.3) is 0 Å². The quantitative estimate of drug-likeness (QED) is 0.287. The third-order valence-electron chi connectivity index (χ3n) is 3.94. The van der Waals surface area contributed by atoms with Gasteiger partial charge in [-0.15, -0.1) is 24.0 Å². The average molecular weight is 431 g/mol. The van der Waals surface area contributed by atoms with Crippen LogP contribution in [-0.4, -0.2) is 38.8 Å². The molecule has 1 fully saturated rings. The van der Waals surface area contributed by atoms with E-state index in [4.69, 9.17) is 4.74 Å². The van der Waals surface area contributed by atoms with Crippen LogP contribution >= 0.6 is 24.0 Å². The number of halogens is 1. The lowest BCUT2D eigenvalue weighted by Crippen LogP contribution is -2.40. The number of hydrogen-bond acceptors (Lipinski definition) is 2. The molecule has 0 amide bonds. The molecule has 0 heterocycles. The first-order chi connectivity index (χ1) is 10.7. The van der Waals surface area contributed by atoms with Crippen molar-refractivity contribution in [2.45, 2.75) is 38.6 Å². The summed E-state index contributed by atoms with van der Waals surface area (Å²) in [6.45, 7) is 6.78. The van der Waals surface area contributed by atoms with E-state index in [1.807, 2.05) is 7.05 Å². The Balaban J connectivity index is 0.00000264. The van der Waals surface area contributed by atoms with Gasteiger partial charge in [-0.05, 0) is 24.3 Å². The van der Waals surface area contributed by atoms with Crippen molar-refractivity contribution < 1.29 is 4.74 Å². The first-order valence-electron chi connectivity index (χ1n) is 8.30.